The van der Waals surface area contributed by atoms with Gasteiger partial charge in [-0.1, -0.05) is 12.1 Å². The maximum absolute atomic E-state index is 13.6. The van der Waals surface area contributed by atoms with Gasteiger partial charge in [-0.15, -0.1) is 0 Å². The summed E-state index contributed by atoms with van der Waals surface area (Å²) >= 11 is 0. The Morgan fingerprint density at radius 3 is 2.58 bits per heavy atom. The first-order valence-corrected chi connectivity index (χ1v) is 12.1. The maximum atomic E-state index is 13.6. The van der Waals surface area contributed by atoms with Crippen LogP contribution in [0.2, 0.25) is 0 Å². The number of nitrogens with one attached hydrogen (secondary N) is 1. The summed E-state index contributed by atoms with van der Waals surface area (Å²) in [6, 6.07) is 11.8. The molecule has 2 atom stereocenters. The van der Waals surface area contributed by atoms with Gasteiger partial charge in [-0.2, -0.15) is 0 Å². The van der Waals surface area contributed by atoms with E-state index >= 15 is 0 Å². The minimum atomic E-state index is -3.78. The van der Waals surface area contributed by atoms with Gasteiger partial charge < -0.3 is 15.2 Å². The highest BCUT2D eigenvalue weighted by atomic mass is 32.2. The molecular formula is C22H29FN4O5S. The van der Waals surface area contributed by atoms with Gasteiger partial charge in [0.2, 0.25) is 15.9 Å². The molecule has 1 aliphatic rings. The number of β-amino-alcohol motifs (C(OH)–C–C–N with tert-alkyl or cyclic N) is 1. The van der Waals surface area contributed by atoms with Gasteiger partial charge in [0.15, 0.2) is 11.6 Å². The fraction of sp³-hybridized carbons (Fsp3) is 0.409. The molecule has 0 unspecified atom stereocenters. The molecule has 9 nitrogen and oxygen atoms in total. The highest BCUT2D eigenvalue weighted by molar-refractivity contribution is 7.89. The molecule has 1 fully saturated rings. The Hall–Kier alpha value is -2.57. The predicted molar refractivity (Wildman–Crippen MR) is 122 cm³/mol. The van der Waals surface area contributed by atoms with Crippen LogP contribution in [0.5, 0.6) is 5.75 Å². The number of amides is 1. The molecule has 11 heteroatoms. The predicted octanol–water partition coefficient (Wildman–Crippen LogP) is 0.858. The van der Waals surface area contributed by atoms with E-state index in [-0.39, 0.29) is 35.7 Å². The molecule has 1 amide bonds. The van der Waals surface area contributed by atoms with Crippen LogP contribution in [0.4, 0.5) is 10.1 Å². The second kappa shape index (κ2) is 11.0. The fourth-order valence-electron chi connectivity index (χ4n) is 3.69. The standard InChI is InChI=1S/C22H29FN4O5S/c1-16-12-26(14-22(29)25-17-6-8-19(9-7-17)33(24,30)31)10-11-27(16)13-18(28)15-32-21-5-3-2-4-20(21)23/h2-9,16,18,28H,10-15H2,1H3,(H,25,29)(H2,24,30,31)/t16-,18+/m0/s1. The Balaban J connectivity index is 1.42. The number of sulfonamides is 1. The Morgan fingerprint density at radius 2 is 1.94 bits per heavy atom. The van der Waals surface area contributed by atoms with Crippen LogP contribution in [0.15, 0.2) is 53.4 Å². The van der Waals surface area contributed by atoms with Crippen molar-refractivity contribution in [3.8, 4) is 5.75 Å². The molecule has 1 aliphatic heterocycles. The normalized spacial score (nSPS) is 18.6. The quantitative estimate of drug-likeness (QED) is 0.486. The van der Waals surface area contributed by atoms with E-state index in [1.54, 1.807) is 12.1 Å². The second-order valence-corrected chi connectivity index (χ2v) is 9.65. The molecule has 2 aromatic rings. The summed E-state index contributed by atoms with van der Waals surface area (Å²) in [7, 11) is -3.78. The van der Waals surface area contributed by atoms with Crippen molar-refractivity contribution < 1.29 is 27.4 Å². The SMILES string of the molecule is C[C@H]1CN(CC(=O)Nc2ccc(S(N)(=O)=O)cc2)CCN1C[C@@H](O)COc1ccccc1F. The van der Waals surface area contributed by atoms with E-state index in [1.165, 1.54) is 36.4 Å². The Labute approximate surface area is 193 Å². The van der Waals surface area contributed by atoms with E-state index < -0.39 is 21.9 Å². The van der Waals surface area contributed by atoms with Crippen molar-refractivity contribution in [2.75, 3.05) is 44.6 Å². The Kier molecular flexibility index (Phi) is 8.38. The molecule has 0 radical (unpaired) electrons. The smallest absolute Gasteiger partial charge is 0.238 e. The molecule has 1 saturated heterocycles. The van der Waals surface area contributed by atoms with Crippen LogP contribution in [0.1, 0.15) is 6.92 Å². The summed E-state index contributed by atoms with van der Waals surface area (Å²) in [6.45, 7) is 4.51. The molecule has 4 N–H and O–H groups in total. The van der Waals surface area contributed by atoms with E-state index in [1.807, 2.05) is 11.8 Å². The number of para-hydroxylation sites is 1. The number of carbonyl (C=O) groups excluding carboxylic acids is 1. The van der Waals surface area contributed by atoms with E-state index in [9.17, 15) is 22.7 Å². The van der Waals surface area contributed by atoms with E-state index in [0.29, 0.717) is 31.9 Å². The van der Waals surface area contributed by atoms with Crippen molar-refractivity contribution in [3.63, 3.8) is 0 Å². The second-order valence-electron chi connectivity index (χ2n) is 8.09. The number of piperazine rings is 1. The van der Waals surface area contributed by atoms with Crippen LogP contribution in [-0.2, 0) is 14.8 Å². The number of ether oxygens (including phenoxy) is 1. The molecule has 1 heterocycles. The van der Waals surface area contributed by atoms with E-state index in [2.05, 4.69) is 10.2 Å². The zero-order valence-corrected chi connectivity index (χ0v) is 19.2. The average Bonchev–Trinajstić information content (AvgIpc) is 2.75. The molecule has 2 aromatic carbocycles. The van der Waals surface area contributed by atoms with Gasteiger partial charge in [0.25, 0.3) is 0 Å². The van der Waals surface area contributed by atoms with Crippen molar-refractivity contribution in [3.05, 3.63) is 54.3 Å². The van der Waals surface area contributed by atoms with E-state index in [4.69, 9.17) is 9.88 Å². The van der Waals surface area contributed by atoms with Crippen LogP contribution in [0, 0.1) is 5.82 Å². The lowest BCUT2D eigenvalue weighted by Gasteiger charge is -2.40. The minimum Gasteiger partial charge on any atom is -0.488 e. The van der Waals surface area contributed by atoms with Crippen LogP contribution in [0.25, 0.3) is 0 Å². The molecule has 180 valence electrons. The first kappa shape index (κ1) is 25.1. The summed E-state index contributed by atoms with van der Waals surface area (Å²) < 4.78 is 41.6. The molecule has 0 aliphatic carbocycles. The molecule has 0 aromatic heterocycles. The Morgan fingerprint density at radius 1 is 1.24 bits per heavy atom. The van der Waals surface area contributed by atoms with E-state index in [0.717, 1.165) is 0 Å². The average molecular weight is 481 g/mol. The van der Waals surface area contributed by atoms with Crippen molar-refractivity contribution in [1.82, 2.24) is 9.80 Å². The van der Waals surface area contributed by atoms with Gasteiger partial charge in [0.05, 0.1) is 11.4 Å². The zero-order valence-electron chi connectivity index (χ0n) is 18.4. The van der Waals surface area contributed by atoms with Crippen LogP contribution in [0.3, 0.4) is 0 Å². The number of rotatable bonds is 9. The minimum absolute atomic E-state index is 0.0134. The number of nitrogens with zero attached hydrogens (tertiary/aromatic N) is 2. The fourth-order valence-corrected chi connectivity index (χ4v) is 4.20. The number of hydrogen-bond donors (Lipinski definition) is 3. The highest BCUT2D eigenvalue weighted by Crippen LogP contribution is 2.17. The zero-order chi connectivity index (χ0) is 24.0. The highest BCUT2D eigenvalue weighted by Gasteiger charge is 2.26. The number of hydrogen-bond acceptors (Lipinski definition) is 7. The molecular weight excluding hydrogens is 451 g/mol. The van der Waals surface area contributed by atoms with Crippen LogP contribution < -0.4 is 15.2 Å². The van der Waals surface area contributed by atoms with Gasteiger partial charge in [0.1, 0.15) is 12.7 Å². The van der Waals surface area contributed by atoms with Crippen molar-refractivity contribution >= 4 is 21.6 Å². The first-order valence-electron chi connectivity index (χ1n) is 10.6. The lowest BCUT2D eigenvalue weighted by atomic mass is 10.1. The third-order valence-electron chi connectivity index (χ3n) is 5.40. The first-order chi connectivity index (χ1) is 15.6. The summed E-state index contributed by atoms with van der Waals surface area (Å²) in [5.74, 6) is -0.567. The number of anilines is 1. The van der Waals surface area contributed by atoms with Gasteiger partial charge in [0, 0.05) is 37.9 Å². The van der Waals surface area contributed by atoms with Crippen LogP contribution >= 0.6 is 0 Å². The summed E-state index contributed by atoms with van der Waals surface area (Å²) in [5, 5.41) is 18.1. The lowest BCUT2D eigenvalue weighted by Crippen LogP contribution is -2.55. The van der Waals surface area contributed by atoms with Gasteiger partial charge >= 0.3 is 0 Å². The van der Waals surface area contributed by atoms with Crippen molar-refractivity contribution in [1.29, 1.82) is 0 Å². The summed E-state index contributed by atoms with van der Waals surface area (Å²) in [5.41, 5.74) is 0.483. The van der Waals surface area contributed by atoms with Gasteiger partial charge in [-0.05, 0) is 43.3 Å². The molecule has 0 spiro atoms. The third kappa shape index (κ3) is 7.47. The summed E-state index contributed by atoms with van der Waals surface area (Å²) in [6.07, 6.45) is -0.776. The van der Waals surface area contributed by atoms with Crippen molar-refractivity contribution in [2.45, 2.75) is 24.0 Å². The van der Waals surface area contributed by atoms with Crippen molar-refractivity contribution in [2.24, 2.45) is 5.14 Å². The number of aliphatic hydroxyl groups is 1. The number of aliphatic hydroxyl groups excluding tert-OH is 1. The molecule has 0 bridgehead atoms. The molecule has 3 rings (SSSR count). The number of benzene rings is 2. The third-order valence-corrected chi connectivity index (χ3v) is 6.33. The Bertz CT molecular complexity index is 1050. The summed E-state index contributed by atoms with van der Waals surface area (Å²) in [4.78, 5) is 16.5. The number of carbonyl (C=O) groups is 1. The number of halogens is 1. The van der Waals surface area contributed by atoms with Crippen LogP contribution in [-0.4, -0.2) is 80.7 Å². The van der Waals surface area contributed by atoms with Gasteiger partial charge in [-0.3, -0.25) is 14.6 Å². The maximum Gasteiger partial charge on any atom is 0.238 e. The topological polar surface area (TPSA) is 125 Å². The van der Waals surface area contributed by atoms with Gasteiger partial charge in [-0.25, -0.2) is 17.9 Å². The monoisotopic (exact) mass is 480 g/mol. The molecule has 0 saturated carbocycles. The lowest BCUT2D eigenvalue weighted by molar-refractivity contribution is -0.118. The number of nitrogens with two attached hydrogens (primary N) is 1. The number of primary sulfonamides is 1. The molecule has 33 heavy (non-hydrogen) atoms. The largest absolute Gasteiger partial charge is 0.488 e.